The number of rotatable bonds is 3. The van der Waals surface area contributed by atoms with E-state index < -0.39 is 11.9 Å². The van der Waals surface area contributed by atoms with Gasteiger partial charge in [0.15, 0.2) is 0 Å². The van der Waals surface area contributed by atoms with Crippen molar-refractivity contribution in [3.05, 3.63) is 62.8 Å². The van der Waals surface area contributed by atoms with Gasteiger partial charge in [0, 0.05) is 12.7 Å². The van der Waals surface area contributed by atoms with E-state index in [4.69, 9.17) is 35.5 Å². The number of hydrogen-bond acceptors (Lipinski definition) is 7. The van der Waals surface area contributed by atoms with Crippen molar-refractivity contribution in [3.63, 3.8) is 0 Å². The molecule has 2 aromatic rings. The van der Waals surface area contributed by atoms with E-state index in [1.165, 1.54) is 38.7 Å². The average Bonchev–Trinajstić information content (AvgIpc) is 2.67. The summed E-state index contributed by atoms with van der Waals surface area (Å²) < 4.78 is 8.95. The predicted molar refractivity (Wildman–Crippen MR) is 95.3 cm³/mol. The van der Waals surface area contributed by atoms with Crippen molar-refractivity contribution in [1.82, 2.24) is 9.97 Å². The molecule has 0 aliphatic carbocycles. The molecule has 0 saturated carbocycles. The lowest BCUT2D eigenvalue weighted by Crippen LogP contribution is -2.05. The van der Waals surface area contributed by atoms with Gasteiger partial charge in [-0.3, -0.25) is 4.98 Å². The van der Waals surface area contributed by atoms with Crippen LogP contribution in [0.15, 0.2) is 24.5 Å². The van der Waals surface area contributed by atoms with Crippen molar-refractivity contribution < 1.29 is 19.1 Å². The minimum atomic E-state index is -0.522. The summed E-state index contributed by atoms with van der Waals surface area (Å²) in [6.45, 7) is 6.92. The SMILES string of the molecule is COC(=O)c1cnc(CN)c(Cl)c1.[C-]#[N+]c1ncc(C(=O)OC)cc1Cl. The van der Waals surface area contributed by atoms with Crippen LogP contribution < -0.4 is 5.73 Å². The molecule has 136 valence electrons. The van der Waals surface area contributed by atoms with Crippen molar-refractivity contribution in [2.24, 2.45) is 5.73 Å². The highest BCUT2D eigenvalue weighted by molar-refractivity contribution is 6.33. The molecular formula is C16H14Cl2N4O4. The highest BCUT2D eigenvalue weighted by atomic mass is 35.5. The molecule has 2 rings (SSSR count). The normalized spacial score (nSPS) is 9.38. The zero-order valence-corrected chi connectivity index (χ0v) is 15.3. The van der Waals surface area contributed by atoms with Gasteiger partial charge >= 0.3 is 11.9 Å². The Balaban J connectivity index is 0.000000260. The van der Waals surface area contributed by atoms with Crippen LogP contribution in [-0.2, 0) is 16.0 Å². The standard InChI is InChI=1S/C8H5ClN2O2.C8H9ClN2O2/c1-10-7-6(9)3-5(4-11-7)8(12)13-2;1-13-8(12)5-2-6(9)7(3-10)11-4-5/h3-4H,2H3;2,4H,3,10H2,1H3. The first-order chi connectivity index (χ1) is 12.4. The number of nitrogens with zero attached hydrogens (tertiary/aromatic N) is 3. The molecule has 0 aliphatic heterocycles. The third-order valence-electron chi connectivity index (χ3n) is 2.88. The maximum atomic E-state index is 11.0. The molecule has 26 heavy (non-hydrogen) atoms. The Morgan fingerprint density at radius 3 is 1.96 bits per heavy atom. The molecule has 0 bridgehead atoms. The number of pyridine rings is 2. The van der Waals surface area contributed by atoms with Gasteiger partial charge in [0.2, 0.25) is 0 Å². The monoisotopic (exact) mass is 396 g/mol. The topological polar surface area (TPSA) is 109 Å². The third-order valence-corrected chi connectivity index (χ3v) is 3.49. The second-order valence-corrected chi connectivity index (χ2v) is 5.30. The second-order valence-electron chi connectivity index (χ2n) is 4.48. The molecule has 2 N–H and O–H groups in total. The Kier molecular flexibility index (Phi) is 8.45. The van der Waals surface area contributed by atoms with Crippen LogP contribution in [0.2, 0.25) is 10.0 Å². The molecule has 10 heteroatoms. The number of carbonyl (C=O) groups excluding carboxylic acids is 2. The summed E-state index contributed by atoms with van der Waals surface area (Å²) in [5, 5.41) is 0.531. The summed E-state index contributed by atoms with van der Waals surface area (Å²) in [6, 6.07) is 2.84. The van der Waals surface area contributed by atoms with Gasteiger partial charge in [0.05, 0.1) is 35.5 Å². The molecule has 8 nitrogen and oxygen atoms in total. The maximum Gasteiger partial charge on any atom is 0.341 e. The van der Waals surface area contributed by atoms with Crippen LogP contribution in [0.1, 0.15) is 26.4 Å². The molecule has 0 fully saturated rings. The summed E-state index contributed by atoms with van der Waals surface area (Å²) in [7, 11) is 2.56. The molecule has 2 heterocycles. The molecule has 0 aromatic carbocycles. The fraction of sp³-hybridized carbons (Fsp3) is 0.188. The lowest BCUT2D eigenvalue weighted by molar-refractivity contribution is 0.0591. The van der Waals surface area contributed by atoms with Crippen LogP contribution in [0.5, 0.6) is 0 Å². The van der Waals surface area contributed by atoms with E-state index >= 15 is 0 Å². The van der Waals surface area contributed by atoms with Gasteiger partial charge in [-0.25, -0.2) is 9.59 Å². The van der Waals surface area contributed by atoms with Crippen LogP contribution >= 0.6 is 23.2 Å². The fourth-order valence-corrected chi connectivity index (χ4v) is 2.04. The molecule has 0 aliphatic rings. The van der Waals surface area contributed by atoms with E-state index in [0.717, 1.165) is 0 Å². The van der Waals surface area contributed by atoms with Gasteiger partial charge in [-0.15, -0.1) is 4.98 Å². The van der Waals surface area contributed by atoms with Gasteiger partial charge in [0.25, 0.3) is 5.82 Å². The van der Waals surface area contributed by atoms with Gasteiger partial charge in [0.1, 0.15) is 11.8 Å². The van der Waals surface area contributed by atoms with Gasteiger partial charge < -0.3 is 20.1 Å². The first-order valence-corrected chi connectivity index (χ1v) is 7.67. The van der Waals surface area contributed by atoms with E-state index in [9.17, 15) is 9.59 Å². The summed E-state index contributed by atoms with van der Waals surface area (Å²) in [4.78, 5) is 32.6. The quantitative estimate of drug-likeness (QED) is 0.626. The smallest absolute Gasteiger partial charge is 0.341 e. The van der Waals surface area contributed by atoms with Crippen LogP contribution in [0.3, 0.4) is 0 Å². The molecule has 0 radical (unpaired) electrons. The largest absolute Gasteiger partial charge is 0.465 e. The van der Waals surface area contributed by atoms with Crippen molar-refractivity contribution in [1.29, 1.82) is 0 Å². The molecule has 0 amide bonds. The number of ether oxygens (including phenoxy) is 2. The number of carbonyl (C=O) groups is 2. The van der Waals surface area contributed by atoms with E-state index in [2.05, 4.69) is 24.3 Å². The van der Waals surface area contributed by atoms with E-state index in [-0.39, 0.29) is 22.9 Å². The number of hydrogen-bond donors (Lipinski definition) is 1. The van der Waals surface area contributed by atoms with Crippen molar-refractivity contribution in [2.45, 2.75) is 6.54 Å². The highest BCUT2D eigenvalue weighted by Crippen LogP contribution is 2.22. The van der Waals surface area contributed by atoms with Crippen molar-refractivity contribution in [3.8, 4) is 0 Å². The number of nitrogens with two attached hydrogens (primary N) is 1. The Morgan fingerprint density at radius 1 is 1.08 bits per heavy atom. The first-order valence-electron chi connectivity index (χ1n) is 6.92. The molecule has 0 atom stereocenters. The number of halogens is 2. The fourth-order valence-electron chi connectivity index (χ4n) is 1.59. The average molecular weight is 397 g/mol. The van der Waals surface area contributed by atoms with E-state index in [1.54, 1.807) is 0 Å². The van der Waals surface area contributed by atoms with Crippen molar-refractivity contribution >= 4 is 41.0 Å². The molecule has 0 unspecified atom stereocenters. The summed E-state index contributed by atoms with van der Waals surface area (Å²) in [5.41, 5.74) is 6.47. The second kappa shape index (κ2) is 10.3. The number of aromatic nitrogens is 2. The Morgan fingerprint density at radius 2 is 1.58 bits per heavy atom. The van der Waals surface area contributed by atoms with Gasteiger partial charge in [-0.1, -0.05) is 29.8 Å². The molecular weight excluding hydrogens is 383 g/mol. The van der Waals surface area contributed by atoms with E-state index in [1.807, 2.05) is 0 Å². The minimum Gasteiger partial charge on any atom is -0.465 e. The Labute approximate surface area is 159 Å². The van der Waals surface area contributed by atoms with Crippen LogP contribution in [0.25, 0.3) is 4.85 Å². The lowest BCUT2D eigenvalue weighted by atomic mass is 10.2. The van der Waals surface area contributed by atoms with Crippen LogP contribution in [-0.4, -0.2) is 36.1 Å². The summed E-state index contributed by atoms with van der Waals surface area (Å²) in [5.74, 6) is -0.904. The van der Waals surface area contributed by atoms with Gasteiger partial charge in [-0.05, 0) is 12.1 Å². The molecule has 0 saturated heterocycles. The van der Waals surface area contributed by atoms with Gasteiger partial charge in [-0.2, -0.15) is 0 Å². The zero-order chi connectivity index (χ0) is 19.7. The number of methoxy groups -OCH3 is 2. The molecule has 2 aromatic heterocycles. The Bertz CT molecular complexity index is 853. The van der Waals surface area contributed by atoms with Crippen LogP contribution in [0.4, 0.5) is 5.82 Å². The third kappa shape index (κ3) is 5.67. The summed E-state index contributed by atoms with van der Waals surface area (Å²) in [6.07, 6.45) is 2.64. The highest BCUT2D eigenvalue weighted by Gasteiger charge is 2.11. The maximum absolute atomic E-state index is 11.0. The first kappa shape index (κ1) is 21.3. The minimum absolute atomic E-state index is 0.0781. The molecule has 0 spiro atoms. The predicted octanol–water partition coefficient (Wildman–Crippen LogP) is 3.05. The van der Waals surface area contributed by atoms with Crippen molar-refractivity contribution in [2.75, 3.05) is 14.2 Å². The Hall–Kier alpha value is -2.73. The van der Waals surface area contributed by atoms with E-state index in [0.29, 0.717) is 16.3 Å². The number of esters is 2. The van der Waals surface area contributed by atoms with Crippen LogP contribution in [0, 0.1) is 6.57 Å². The zero-order valence-electron chi connectivity index (χ0n) is 13.8. The summed E-state index contributed by atoms with van der Waals surface area (Å²) >= 11 is 11.4. The lowest BCUT2D eigenvalue weighted by Gasteiger charge is -2.02.